The Bertz CT molecular complexity index is 389. The van der Waals surface area contributed by atoms with E-state index in [2.05, 4.69) is 10.4 Å². The minimum absolute atomic E-state index is 0.237. The number of alkyl halides is 3. The van der Waals surface area contributed by atoms with Gasteiger partial charge in [-0.1, -0.05) is 0 Å². The molecular formula is C9H12F3N3O2. The van der Waals surface area contributed by atoms with Crippen molar-refractivity contribution in [3.63, 3.8) is 0 Å². The SMILES string of the molecule is C[C@@H](CO)NC(=O)Cn1ccc(C(F)(F)F)n1. The zero-order valence-corrected chi connectivity index (χ0v) is 9.03. The van der Waals surface area contributed by atoms with E-state index in [0.29, 0.717) is 0 Å². The Hall–Kier alpha value is -1.57. The van der Waals surface area contributed by atoms with Gasteiger partial charge in [0.2, 0.25) is 5.91 Å². The summed E-state index contributed by atoms with van der Waals surface area (Å²) in [5, 5.41) is 14.3. The molecule has 0 aliphatic heterocycles. The van der Waals surface area contributed by atoms with Crippen molar-refractivity contribution in [2.45, 2.75) is 25.7 Å². The molecule has 0 fully saturated rings. The highest BCUT2D eigenvalue weighted by Gasteiger charge is 2.33. The molecule has 0 spiro atoms. The summed E-state index contributed by atoms with van der Waals surface area (Å²) >= 11 is 0. The van der Waals surface area contributed by atoms with Gasteiger partial charge in [-0.05, 0) is 13.0 Å². The molecule has 1 rings (SSSR count). The van der Waals surface area contributed by atoms with Crippen molar-refractivity contribution in [2.75, 3.05) is 6.61 Å². The van der Waals surface area contributed by atoms with Crippen LogP contribution < -0.4 is 5.32 Å². The van der Waals surface area contributed by atoms with E-state index in [4.69, 9.17) is 5.11 Å². The third-order valence-electron chi connectivity index (χ3n) is 1.92. The Morgan fingerprint density at radius 3 is 2.76 bits per heavy atom. The van der Waals surface area contributed by atoms with Crippen LogP contribution in [0.1, 0.15) is 12.6 Å². The topological polar surface area (TPSA) is 67.2 Å². The average Bonchev–Trinajstić information content (AvgIpc) is 2.65. The molecule has 1 aromatic rings. The Morgan fingerprint density at radius 2 is 2.29 bits per heavy atom. The van der Waals surface area contributed by atoms with Crippen LogP contribution in [-0.4, -0.2) is 33.4 Å². The summed E-state index contributed by atoms with van der Waals surface area (Å²) in [6.45, 7) is 1.02. The van der Waals surface area contributed by atoms with E-state index in [0.717, 1.165) is 16.9 Å². The molecule has 5 nitrogen and oxygen atoms in total. The molecule has 0 aliphatic rings. The second-order valence-corrected chi connectivity index (χ2v) is 3.55. The fourth-order valence-electron chi connectivity index (χ4n) is 1.11. The van der Waals surface area contributed by atoms with Crippen LogP contribution in [-0.2, 0) is 17.5 Å². The molecule has 1 aromatic heterocycles. The number of halogens is 3. The van der Waals surface area contributed by atoms with Crippen LogP contribution in [0.25, 0.3) is 0 Å². The van der Waals surface area contributed by atoms with E-state index in [9.17, 15) is 18.0 Å². The fourth-order valence-corrected chi connectivity index (χ4v) is 1.11. The van der Waals surface area contributed by atoms with Crippen LogP contribution >= 0.6 is 0 Å². The van der Waals surface area contributed by atoms with Gasteiger partial charge in [-0.25, -0.2) is 0 Å². The standard InChI is InChI=1S/C9H12F3N3O2/c1-6(5-16)13-8(17)4-15-3-2-7(14-15)9(10,11)12/h2-3,6,16H,4-5H2,1H3,(H,13,17)/t6-/m0/s1. The fraction of sp³-hybridized carbons (Fsp3) is 0.556. The molecule has 96 valence electrons. The first-order valence-electron chi connectivity index (χ1n) is 4.84. The molecule has 1 atom stereocenters. The van der Waals surface area contributed by atoms with Gasteiger partial charge in [0, 0.05) is 12.2 Å². The Morgan fingerprint density at radius 1 is 1.65 bits per heavy atom. The third-order valence-corrected chi connectivity index (χ3v) is 1.92. The van der Waals surface area contributed by atoms with Crippen molar-refractivity contribution >= 4 is 5.91 Å². The predicted octanol–water partition coefficient (Wildman–Crippen LogP) is 0.399. The molecule has 0 unspecified atom stereocenters. The summed E-state index contributed by atoms with van der Waals surface area (Å²) in [5.41, 5.74) is -1.04. The molecule has 1 heterocycles. The summed E-state index contributed by atoms with van der Waals surface area (Å²) in [5.74, 6) is -0.511. The van der Waals surface area contributed by atoms with Crippen LogP contribution in [0.5, 0.6) is 0 Å². The second-order valence-electron chi connectivity index (χ2n) is 3.55. The number of nitrogens with one attached hydrogen (secondary N) is 1. The Kier molecular flexibility index (Phi) is 4.11. The normalized spacial score (nSPS) is 13.5. The third kappa shape index (κ3) is 4.06. The van der Waals surface area contributed by atoms with Crippen LogP contribution in [0.4, 0.5) is 13.2 Å². The maximum absolute atomic E-state index is 12.2. The number of hydrogen-bond acceptors (Lipinski definition) is 3. The lowest BCUT2D eigenvalue weighted by atomic mass is 10.3. The smallest absolute Gasteiger partial charge is 0.394 e. The lowest BCUT2D eigenvalue weighted by Crippen LogP contribution is -2.37. The first kappa shape index (κ1) is 13.5. The quantitative estimate of drug-likeness (QED) is 0.814. The summed E-state index contributed by atoms with van der Waals surface area (Å²) in [7, 11) is 0. The molecule has 0 saturated carbocycles. The van der Waals surface area contributed by atoms with Gasteiger partial charge in [0.1, 0.15) is 6.54 Å². The molecule has 0 aliphatic carbocycles. The number of nitrogens with zero attached hydrogens (tertiary/aromatic N) is 2. The van der Waals surface area contributed by atoms with Gasteiger partial charge in [0.25, 0.3) is 0 Å². The van der Waals surface area contributed by atoms with Crippen LogP contribution in [0.3, 0.4) is 0 Å². The number of carbonyl (C=O) groups excluding carboxylic acids is 1. The minimum Gasteiger partial charge on any atom is -0.394 e. The van der Waals surface area contributed by atoms with Crippen LogP contribution in [0.15, 0.2) is 12.3 Å². The average molecular weight is 251 g/mol. The highest BCUT2D eigenvalue weighted by atomic mass is 19.4. The number of amides is 1. The summed E-state index contributed by atoms with van der Waals surface area (Å²) < 4.78 is 37.5. The van der Waals surface area contributed by atoms with E-state index >= 15 is 0 Å². The lowest BCUT2D eigenvalue weighted by molar-refractivity contribution is -0.141. The largest absolute Gasteiger partial charge is 0.435 e. The van der Waals surface area contributed by atoms with Crippen LogP contribution in [0, 0.1) is 0 Å². The Balaban J connectivity index is 2.58. The molecule has 0 bridgehead atoms. The van der Waals surface area contributed by atoms with Crippen molar-refractivity contribution in [1.29, 1.82) is 0 Å². The van der Waals surface area contributed by atoms with Crippen molar-refractivity contribution in [2.24, 2.45) is 0 Å². The number of aromatic nitrogens is 2. The molecule has 2 N–H and O–H groups in total. The molecule has 17 heavy (non-hydrogen) atoms. The first-order chi connectivity index (χ1) is 7.82. The summed E-state index contributed by atoms with van der Waals surface area (Å²) in [6, 6.07) is 0.350. The van der Waals surface area contributed by atoms with Crippen molar-refractivity contribution < 1.29 is 23.1 Å². The van der Waals surface area contributed by atoms with Gasteiger partial charge in [0.05, 0.1) is 6.61 Å². The second kappa shape index (κ2) is 5.17. The first-order valence-corrected chi connectivity index (χ1v) is 4.84. The molecule has 0 radical (unpaired) electrons. The molecule has 1 amide bonds. The molecular weight excluding hydrogens is 239 g/mol. The highest BCUT2D eigenvalue weighted by Crippen LogP contribution is 2.27. The van der Waals surface area contributed by atoms with Gasteiger partial charge in [-0.2, -0.15) is 18.3 Å². The van der Waals surface area contributed by atoms with E-state index in [1.54, 1.807) is 6.92 Å². The monoisotopic (exact) mass is 251 g/mol. The van der Waals surface area contributed by atoms with Gasteiger partial charge >= 0.3 is 6.18 Å². The number of rotatable bonds is 4. The van der Waals surface area contributed by atoms with Crippen molar-refractivity contribution in [3.8, 4) is 0 Å². The molecule has 8 heteroatoms. The van der Waals surface area contributed by atoms with E-state index in [-0.39, 0.29) is 13.2 Å². The van der Waals surface area contributed by atoms with Crippen molar-refractivity contribution in [3.05, 3.63) is 18.0 Å². The number of aliphatic hydroxyl groups excluding tert-OH is 1. The van der Waals surface area contributed by atoms with E-state index in [1.807, 2.05) is 0 Å². The summed E-state index contributed by atoms with van der Waals surface area (Å²) in [6.07, 6.45) is -3.44. The van der Waals surface area contributed by atoms with E-state index < -0.39 is 23.8 Å². The predicted molar refractivity (Wildman–Crippen MR) is 51.9 cm³/mol. The van der Waals surface area contributed by atoms with Gasteiger partial charge in [0.15, 0.2) is 5.69 Å². The van der Waals surface area contributed by atoms with Gasteiger partial charge < -0.3 is 10.4 Å². The van der Waals surface area contributed by atoms with Gasteiger partial charge in [-0.15, -0.1) is 0 Å². The Labute approximate surface area is 95.2 Å². The van der Waals surface area contributed by atoms with Gasteiger partial charge in [-0.3, -0.25) is 9.48 Å². The molecule has 0 aromatic carbocycles. The minimum atomic E-state index is -4.51. The maximum Gasteiger partial charge on any atom is 0.435 e. The lowest BCUT2D eigenvalue weighted by Gasteiger charge is -2.10. The number of carbonyl (C=O) groups is 1. The zero-order valence-electron chi connectivity index (χ0n) is 9.03. The van der Waals surface area contributed by atoms with Crippen LogP contribution in [0.2, 0.25) is 0 Å². The van der Waals surface area contributed by atoms with Crippen molar-refractivity contribution in [1.82, 2.24) is 15.1 Å². The number of aliphatic hydroxyl groups is 1. The molecule has 0 saturated heterocycles. The zero-order chi connectivity index (χ0) is 13.1. The summed E-state index contributed by atoms with van der Waals surface area (Å²) in [4.78, 5) is 11.3. The van der Waals surface area contributed by atoms with E-state index in [1.165, 1.54) is 0 Å². The number of hydrogen-bond donors (Lipinski definition) is 2. The highest BCUT2D eigenvalue weighted by molar-refractivity contribution is 5.75. The maximum atomic E-state index is 12.2.